The highest BCUT2D eigenvalue weighted by Gasteiger charge is 2.11. The van der Waals surface area contributed by atoms with E-state index < -0.39 is 0 Å². The molecule has 0 bridgehead atoms. The molecule has 1 aromatic heterocycles. The Morgan fingerprint density at radius 3 is 2.71 bits per heavy atom. The zero-order chi connectivity index (χ0) is 10.7. The van der Waals surface area contributed by atoms with Crippen molar-refractivity contribution in [1.29, 1.82) is 0 Å². The summed E-state index contributed by atoms with van der Waals surface area (Å²) in [4.78, 5) is 3.44. The lowest BCUT2D eigenvalue weighted by Crippen LogP contribution is -3.00. The molecule has 0 aliphatic rings. The van der Waals surface area contributed by atoms with Crippen molar-refractivity contribution in [2.75, 3.05) is 6.54 Å². The first-order valence-corrected chi connectivity index (χ1v) is 6.03. The number of quaternary nitrogens is 1. The molecule has 0 radical (unpaired) electrons. The van der Waals surface area contributed by atoms with Crippen molar-refractivity contribution < 1.29 is 44.7 Å². The van der Waals surface area contributed by atoms with E-state index in [-0.39, 0.29) is 34.0 Å². The molecule has 94 valence electrons. The molecule has 2 rings (SSSR count). The van der Waals surface area contributed by atoms with Crippen molar-refractivity contribution >= 4 is 11.3 Å². The van der Waals surface area contributed by atoms with E-state index in [1.54, 1.807) is 11.3 Å². The third kappa shape index (κ3) is 4.50. The largest absolute Gasteiger partial charge is 1.00 e. The molecule has 2 nitrogen and oxygen atoms in total. The van der Waals surface area contributed by atoms with Crippen LogP contribution in [0, 0.1) is 6.92 Å². The number of aryl methyl sites for hydroxylation is 1. The summed E-state index contributed by atoms with van der Waals surface area (Å²) in [5, 5.41) is 3.42. The summed E-state index contributed by atoms with van der Waals surface area (Å²) in [6.45, 7) is 3.06. The van der Waals surface area contributed by atoms with E-state index in [1.807, 2.05) is 0 Å². The minimum atomic E-state index is 0. The Hall–Kier alpha value is -0.230. The van der Waals surface area contributed by atoms with E-state index in [1.165, 1.54) is 21.8 Å². The molecule has 1 aromatic carbocycles. The van der Waals surface area contributed by atoms with Crippen LogP contribution >= 0.6 is 11.3 Å². The highest BCUT2D eigenvalue weighted by Crippen LogP contribution is 2.21. The molecule has 0 amide bonds. The lowest BCUT2D eigenvalue weighted by molar-refractivity contribution is -0.394. The topological polar surface area (TPSA) is 41.8 Å². The van der Waals surface area contributed by atoms with E-state index in [0.717, 1.165) is 13.0 Å². The summed E-state index contributed by atoms with van der Waals surface area (Å²) in [5.74, 6) is 0. The number of rotatable bonds is 3. The van der Waals surface area contributed by atoms with Crippen LogP contribution in [0.2, 0.25) is 0 Å². The highest BCUT2D eigenvalue weighted by atomic mass is 79.9. The second kappa shape index (κ2) is 7.97. The van der Waals surface area contributed by atoms with Crippen LogP contribution in [0.4, 0.5) is 0 Å². The Labute approximate surface area is 127 Å². The van der Waals surface area contributed by atoms with Gasteiger partial charge in [0.25, 0.3) is 5.01 Å². The molecule has 0 fully saturated rings. The fraction of sp³-hybridized carbons (Fsp3) is 0.250. The molecule has 4 N–H and O–H groups in total. The molecular formula is C12H16Br2N2S. The Kier molecular flexibility index (Phi) is 7.87. The molecule has 0 atom stereocenters. The molecular weight excluding hydrogens is 364 g/mol. The number of aromatic nitrogens is 1. The second-order valence-corrected chi connectivity index (χ2v) is 4.57. The van der Waals surface area contributed by atoms with Gasteiger partial charge in [-0.05, 0) is 19.1 Å². The number of aromatic amines is 1. The third-order valence-electron chi connectivity index (χ3n) is 2.32. The van der Waals surface area contributed by atoms with Gasteiger partial charge < -0.3 is 39.7 Å². The maximum absolute atomic E-state index is 3.86. The summed E-state index contributed by atoms with van der Waals surface area (Å²) in [6.07, 6.45) is 1.03. The Bertz CT molecular complexity index is 457. The van der Waals surface area contributed by atoms with Gasteiger partial charge in [0.05, 0.1) is 23.9 Å². The number of hydrogen-bond donors (Lipinski definition) is 1. The van der Waals surface area contributed by atoms with Gasteiger partial charge in [0.15, 0.2) is 5.69 Å². The molecule has 0 spiro atoms. The van der Waals surface area contributed by atoms with Gasteiger partial charge in [0.1, 0.15) is 0 Å². The van der Waals surface area contributed by atoms with Crippen molar-refractivity contribution in [1.82, 2.24) is 0 Å². The average Bonchev–Trinajstić information content (AvgIpc) is 2.67. The quantitative estimate of drug-likeness (QED) is 0.557. The van der Waals surface area contributed by atoms with Crippen molar-refractivity contribution in [3.05, 3.63) is 40.9 Å². The van der Waals surface area contributed by atoms with E-state index in [4.69, 9.17) is 0 Å². The number of benzene rings is 1. The number of thiazole rings is 1. The number of halogens is 2. The molecule has 5 heteroatoms. The first-order valence-electron chi connectivity index (χ1n) is 5.15. The third-order valence-corrected chi connectivity index (χ3v) is 3.30. The zero-order valence-corrected chi connectivity index (χ0v) is 13.7. The Morgan fingerprint density at radius 2 is 2.06 bits per heavy atom. The minimum absolute atomic E-state index is 0. The van der Waals surface area contributed by atoms with Crippen LogP contribution in [0.1, 0.15) is 11.3 Å². The maximum atomic E-state index is 3.86. The van der Waals surface area contributed by atoms with Crippen LogP contribution in [0.25, 0.3) is 10.6 Å². The number of nitrogens with one attached hydrogen (secondary N) is 1. The molecule has 1 heterocycles. The van der Waals surface area contributed by atoms with E-state index >= 15 is 0 Å². The van der Waals surface area contributed by atoms with Crippen molar-refractivity contribution in [3.8, 4) is 10.6 Å². The smallest absolute Gasteiger partial charge is 0.267 e. The molecule has 2 aromatic rings. The van der Waals surface area contributed by atoms with Crippen LogP contribution in [0.15, 0.2) is 29.6 Å². The van der Waals surface area contributed by atoms with Gasteiger partial charge in [0.2, 0.25) is 0 Å². The van der Waals surface area contributed by atoms with Crippen LogP contribution in [-0.4, -0.2) is 6.54 Å². The summed E-state index contributed by atoms with van der Waals surface area (Å²) in [5.41, 5.74) is 7.72. The number of hydrogen-bond acceptors (Lipinski definition) is 1. The molecule has 0 aliphatic heterocycles. The fourth-order valence-electron chi connectivity index (χ4n) is 1.57. The highest BCUT2D eigenvalue weighted by molar-refractivity contribution is 7.12. The molecule has 17 heavy (non-hydrogen) atoms. The first-order chi connectivity index (χ1) is 7.29. The minimum Gasteiger partial charge on any atom is -1.00 e. The van der Waals surface area contributed by atoms with Crippen molar-refractivity contribution in [2.24, 2.45) is 0 Å². The summed E-state index contributed by atoms with van der Waals surface area (Å²) in [7, 11) is 0. The van der Waals surface area contributed by atoms with Gasteiger partial charge in [-0.2, -0.15) is 4.98 Å². The maximum Gasteiger partial charge on any atom is 0.267 e. The lowest BCUT2D eigenvalue weighted by atomic mass is 10.1. The van der Waals surface area contributed by atoms with Gasteiger partial charge in [-0.3, -0.25) is 0 Å². The van der Waals surface area contributed by atoms with E-state index in [0.29, 0.717) is 0 Å². The Balaban J connectivity index is 0.00000128. The molecule has 0 saturated carbocycles. The zero-order valence-electron chi connectivity index (χ0n) is 9.67. The average molecular weight is 380 g/mol. The predicted octanol–water partition coefficient (Wildman–Crippen LogP) is -4.67. The summed E-state index contributed by atoms with van der Waals surface area (Å²) in [6, 6.07) is 8.56. The summed E-state index contributed by atoms with van der Waals surface area (Å²) < 4.78 is 0. The van der Waals surface area contributed by atoms with E-state index in [9.17, 15) is 0 Å². The van der Waals surface area contributed by atoms with Gasteiger partial charge in [-0.15, -0.1) is 0 Å². The standard InChI is InChI=1S/C12H14N2S.2BrH/c1-9-3-2-4-10(7-9)12-14-11(5-6-13)8-15-12;;/h2-4,7-8H,5-6,13H2,1H3;2*1H. The van der Waals surface area contributed by atoms with Gasteiger partial charge >= 0.3 is 0 Å². The van der Waals surface area contributed by atoms with Crippen molar-refractivity contribution in [2.45, 2.75) is 13.3 Å². The lowest BCUT2D eigenvalue weighted by Gasteiger charge is -1.93. The monoisotopic (exact) mass is 378 g/mol. The Morgan fingerprint density at radius 1 is 1.29 bits per heavy atom. The second-order valence-electron chi connectivity index (χ2n) is 3.69. The SMILES string of the molecule is Cc1cccc(-c2[nH+]c(CC[NH3+])cs2)c1.[Br-].[Br-]. The van der Waals surface area contributed by atoms with Crippen molar-refractivity contribution in [3.63, 3.8) is 0 Å². The molecule has 0 saturated heterocycles. The van der Waals surface area contributed by atoms with Gasteiger partial charge in [-0.1, -0.05) is 29.0 Å². The fourth-order valence-corrected chi connectivity index (χ4v) is 2.46. The van der Waals surface area contributed by atoms with Crippen LogP contribution in [0.3, 0.4) is 0 Å². The van der Waals surface area contributed by atoms with Gasteiger partial charge in [-0.25, -0.2) is 0 Å². The van der Waals surface area contributed by atoms with Crippen LogP contribution in [-0.2, 0) is 6.42 Å². The van der Waals surface area contributed by atoms with E-state index in [2.05, 4.69) is 47.3 Å². The molecule has 0 aliphatic carbocycles. The number of H-pyrrole nitrogens is 1. The van der Waals surface area contributed by atoms with Gasteiger partial charge in [0, 0.05) is 0 Å². The van der Waals surface area contributed by atoms with Crippen LogP contribution < -0.4 is 44.7 Å². The first kappa shape index (κ1) is 16.8. The summed E-state index contributed by atoms with van der Waals surface area (Å²) >= 11 is 1.77. The van der Waals surface area contributed by atoms with Crippen LogP contribution in [0.5, 0.6) is 0 Å². The normalized spacial score (nSPS) is 9.29. The predicted molar refractivity (Wildman–Crippen MR) is 62.5 cm³/mol. The molecule has 0 unspecified atom stereocenters.